The van der Waals surface area contributed by atoms with Crippen LogP contribution in [0.2, 0.25) is 0 Å². The van der Waals surface area contributed by atoms with Gasteiger partial charge in [0.1, 0.15) is 5.01 Å². The van der Waals surface area contributed by atoms with Gasteiger partial charge >= 0.3 is 6.03 Å². The number of benzene rings is 1. The molecule has 0 radical (unpaired) electrons. The summed E-state index contributed by atoms with van der Waals surface area (Å²) in [6, 6.07) is 6.30. The first-order valence-corrected chi connectivity index (χ1v) is 9.48. The summed E-state index contributed by atoms with van der Waals surface area (Å²) in [7, 11) is 0. The number of carbonyl (C=O) groups is 1. The molecule has 25 heavy (non-hydrogen) atoms. The number of nitrogens with one attached hydrogen (secondary N) is 1. The van der Waals surface area contributed by atoms with Gasteiger partial charge in [0, 0.05) is 37.8 Å². The molecule has 0 unspecified atom stereocenters. The van der Waals surface area contributed by atoms with E-state index in [0.717, 1.165) is 18.1 Å². The lowest BCUT2D eigenvalue weighted by molar-refractivity contribution is 0.208. The molecule has 6 nitrogen and oxygen atoms in total. The minimum atomic E-state index is -0.0907. The number of nitrogens with zero attached hydrogens (tertiary/aromatic N) is 4. The first-order valence-electron chi connectivity index (χ1n) is 8.66. The molecule has 3 rings (SSSR count). The molecule has 2 amide bonds. The topological polar surface area (TPSA) is 61.4 Å². The van der Waals surface area contributed by atoms with Crippen LogP contribution in [0.5, 0.6) is 0 Å². The van der Waals surface area contributed by atoms with Gasteiger partial charge in [-0.2, -0.15) is 0 Å². The van der Waals surface area contributed by atoms with Crippen LogP contribution in [0.25, 0.3) is 0 Å². The lowest BCUT2D eigenvalue weighted by Crippen LogP contribution is -2.50. The second kappa shape index (κ2) is 7.39. The molecule has 1 N–H and O–H groups in total. The van der Waals surface area contributed by atoms with Crippen molar-refractivity contribution in [1.82, 2.24) is 15.1 Å². The highest BCUT2D eigenvalue weighted by Gasteiger charge is 2.23. The Balaban J connectivity index is 1.58. The average molecular weight is 359 g/mol. The third-order valence-corrected chi connectivity index (χ3v) is 5.77. The number of carbonyl (C=O) groups excluding carboxylic acids is 1. The van der Waals surface area contributed by atoms with Crippen molar-refractivity contribution in [2.45, 2.75) is 33.6 Å². The quantitative estimate of drug-likeness (QED) is 0.909. The zero-order chi connectivity index (χ0) is 18.0. The van der Waals surface area contributed by atoms with Crippen LogP contribution in [0.3, 0.4) is 0 Å². The Morgan fingerprint density at radius 2 is 1.88 bits per heavy atom. The zero-order valence-electron chi connectivity index (χ0n) is 15.2. The summed E-state index contributed by atoms with van der Waals surface area (Å²) in [5, 5.41) is 12.6. The minimum Gasteiger partial charge on any atom is -0.368 e. The molecule has 1 aliphatic rings. The van der Waals surface area contributed by atoms with E-state index in [1.807, 2.05) is 4.90 Å². The highest BCUT2D eigenvalue weighted by Crippen LogP contribution is 2.25. The van der Waals surface area contributed by atoms with Crippen molar-refractivity contribution in [3.8, 4) is 0 Å². The smallest absolute Gasteiger partial charge is 0.323 e. The van der Waals surface area contributed by atoms with Crippen LogP contribution in [0, 0.1) is 13.8 Å². The lowest BCUT2D eigenvalue weighted by atomic mass is 10.1. The highest BCUT2D eigenvalue weighted by molar-refractivity contribution is 7.15. The van der Waals surface area contributed by atoms with E-state index in [4.69, 9.17) is 0 Å². The summed E-state index contributed by atoms with van der Waals surface area (Å²) >= 11 is 1.44. The molecule has 0 spiro atoms. The maximum Gasteiger partial charge on any atom is 0.323 e. The van der Waals surface area contributed by atoms with Gasteiger partial charge in [0.2, 0.25) is 5.13 Å². The third kappa shape index (κ3) is 3.92. The van der Waals surface area contributed by atoms with E-state index < -0.39 is 0 Å². The number of rotatable bonds is 3. The molecule has 134 valence electrons. The normalized spacial score (nSPS) is 14.9. The molecule has 0 bridgehead atoms. The lowest BCUT2D eigenvalue weighted by Gasteiger charge is -2.36. The molecular weight excluding hydrogens is 334 g/mol. The Hall–Kier alpha value is -2.15. The van der Waals surface area contributed by atoms with Crippen LogP contribution in [-0.2, 0) is 0 Å². The van der Waals surface area contributed by atoms with Crippen molar-refractivity contribution in [1.29, 1.82) is 0 Å². The van der Waals surface area contributed by atoms with Gasteiger partial charge in [-0.05, 0) is 31.0 Å². The second-order valence-electron chi connectivity index (χ2n) is 6.72. The van der Waals surface area contributed by atoms with Crippen molar-refractivity contribution in [3.05, 3.63) is 34.3 Å². The van der Waals surface area contributed by atoms with Crippen molar-refractivity contribution in [3.63, 3.8) is 0 Å². The van der Waals surface area contributed by atoms with E-state index in [2.05, 4.69) is 66.3 Å². The zero-order valence-corrected chi connectivity index (χ0v) is 16.1. The number of piperazine rings is 1. The van der Waals surface area contributed by atoms with E-state index in [9.17, 15) is 4.79 Å². The van der Waals surface area contributed by atoms with E-state index in [1.165, 1.54) is 28.2 Å². The fraction of sp³-hybridized carbons (Fsp3) is 0.500. The highest BCUT2D eigenvalue weighted by atomic mass is 32.1. The Morgan fingerprint density at radius 1 is 1.16 bits per heavy atom. The van der Waals surface area contributed by atoms with Gasteiger partial charge in [-0.25, -0.2) is 4.79 Å². The predicted octanol–water partition coefficient (Wildman–Crippen LogP) is 3.63. The Morgan fingerprint density at radius 3 is 2.52 bits per heavy atom. The van der Waals surface area contributed by atoms with Gasteiger partial charge in [0.15, 0.2) is 0 Å². The first-order chi connectivity index (χ1) is 12.0. The van der Waals surface area contributed by atoms with Crippen molar-refractivity contribution in [2.24, 2.45) is 0 Å². The van der Waals surface area contributed by atoms with Crippen LogP contribution >= 0.6 is 11.3 Å². The molecule has 1 saturated heterocycles. The molecule has 0 atom stereocenters. The molecule has 1 aromatic carbocycles. The molecule has 1 fully saturated rings. The largest absolute Gasteiger partial charge is 0.368 e. The number of anilines is 2. The number of aryl methyl sites for hydroxylation is 1. The summed E-state index contributed by atoms with van der Waals surface area (Å²) in [6.45, 7) is 11.5. The maximum atomic E-state index is 12.4. The monoisotopic (exact) mass is 359 g/mol. The summed E-state index contributed by atoms with van der Waals surface area (Å²) in [5.74, 6) is 0.323. The molecule has 7 heteroatoms. The average Bonchev–Trinajstić information content (AvgIpc) is 3.06. The van der Waals surface area contributed by atoms with Crippen LogP contribution in [0.4, 0.5) is 15.6 Å². The standard InChI is InChI=1S/C18H25N5OS/c1-12(2)16-20-21-17(25-16)19-18(24)23-10-8-22(9-11-23)15-7-5-6-13(3)14(15)4/h5-7,12H,8-11H2,1-4H3,(H,19,21,24). The van der Waals surface area contributed by atoms with Crippen LogP contribution in [0.15, 0.2) is 18.2 Å². The van der Waals surface area contributed by atoms with E-state index in [1.54, 1.807) is 0 Å². The van der Waals surface area contributed by atoms with Gasteiger partial charge in [-0.3, -0.25) is 5.32 Å². The van der Waals surface area contributed by atoms with Crippen molar-refractivity contribution in [2.75, 3.05) is 36.4 Å². The number of urea groups is 1. The number of amides is 2. The molecule has 1 aromatic heterocycles. The molecule has 2 heterocycles. The fourth-order valence-corrected chi connectivity index (χ4v) is 3.65. The van der Waals surface area contributed by atoms with Crippen molar-refractivity contribution >= 4 is 28.2 Å². The molecular formula is C18H25N5OS. The second-order valence-corrected chi connectivity index (χ2v) is 7.73. The van der Waals surface area contributed by atoms with Gasteiger partial charge < -0.3 is 9.80 Å². The predicted molar refractivity (Wildman–Crippen MR) is 103 cm³/mol. The van der Waals surface area contributed by atoms with Crippen molar-refractivity contribution < 1.29 is 4.79 Å². The first kappa shape index (κ1) is 17.7. The Bertz CT molecular complexity index is 750. The van der Waals surface area contributed by atoms with Gasteiger partial charge in [0.05, 0.1) is 0 Å². The van der Waals surface area contributed by atoms with Crippen LogP contribution in [0.1, 0.15) is 35.9 Å². The van der Waals surface area contributed by atoms with E-state index in [0.29, 0.717) is 24.1 Å². The molecule has 0 saturated carbocycles. The summed E-state index contributed by atoms with van der Waals surface area (Å²) in [5.41, 5.74) is 3.89. The number of hydrogen-bond donors (Lipinski definition) is 1. The van der Waals surface area contributed by atoms with Gasteiger partial charge in [-0.15, -0.1) is 10.2 Å². The summed E-state index contributed by atoms with van der Waals surface area (Å²) < 4.78 is 0. The SMILES string of the molecule is Cc1cccc(N2CCN(C(=O)Nc3nnc(C(C)C)s3)CC2)c1C. The van der Waals surface area contributed by atoms with Crippen LogP contribution < -0.4 is 10.2 Å². The molecule has 1 aliphatic heterocycles. The van der Waals surface area contributed by atoms with E-state index in [-0.39, 0.29) is 6.03 Å². The Kier molecular flexibility index (Phi) is 5.22. The summed E-state index contributed by atoms with van der Waals surface area (Å²) in [4.78, 5) is 16.6. The molecule has 2 aromatic rings. The van der Waals surface area contributed by atoms with Gasteiger partial charge in [-0.1, -0.05) is 37.3 Å². The Labute approximate surface area is 152 Å². The number of hydrogen-bond acceptors (Lipinski definition) is 5. The maximum absolute atomic E-state index is 12.4. The van der Waals surface area contributed by atoms with Gasteiger partial charge in [0.25, 0.3) is 0 Å². The third-order valence-electron chi connectivity index (χ3n) is 4.63. The van der Waals surface area contributed by atoms with E-state index >= 15 is 0 Å². The summed E-state index contributed by atoms with van der Waals surface area (Å²) in [6.07, 6.45) is 0. The molecule has 0 aliphatic carbocycles. The fourth-order valence-electron chi connectivity index (χ4n) is 2.92. The number of aromatic nitrogens is 2. The minimum absolute atomic E-state index is 0.0907. The van der Waals surface area contributed by atoms with Crippen LogP contribution in [-0.4, -0.2) is 47.3 Å².